The third-order valence-electron chi connectivity index (χ3n) is 4.96. The van der Waals surface area contributed by atoms with Crippen LogP contribution in [0.5, 0.6) is 0 Å². The monoisotopic (exact) mass is 308 g/mol. The third-order valence-corrected chi connectivity index (χ3v) is 4.96. The highest BCUT2D eigenvalue weighted by Crippen LogP contribution is 2.23. The molecule has 0 aromatic rings. The molecule has 0 aromatic heterocycles. The van der Waals surface area contributed by atoms with Crippen LogP contribution in [-0.2, 0) is 9.59 Å². The lowest BCUT2D eigenvalue weighted by molar-refractivity contribution is -0.129. The highest BCUT2D eigenvalue weighted by atomic mass is 16.2. The van der Waals surface area contributed by atoms with Crippen LogP contribution < -0.4 is 5.32 Å². The summed E-state index contributed by atoms with van der Waals surface area (Å²) < 4.78 is 0. The van der Waals surface area contributed by atoms with Gasteiger partial charge in [-0.25, -0.2) is 0 Å². The number of rotatable bonds is 5. The molecule has 2 fully saturated rings. The van der Waals surface area contributed by atoms with Gasteiger partial charge in [-0.2, -0.15) is 0 Å². The van der Waals surface area contributed by atoms with Gasteiger partial charge in [0.15, 0.2) is 0 Å². The number of nitrogens with zero attached hydrogens (tertiary/aromatic N) is 1. The Morgan fingerprint density at radius 3 is 2.45 bits per heavy atom. The fourth-order valence-corrected chi connectivity index (χ4v) is 3.70. The Morgan fingerprint density at radius 2 is 1.82 bits per heavy atom. The molecular weight excluding hydrogens is 276 g/mol. The molecule has 2 rings (SSSR count). The van der Waals surface area contributed by atoms with Crippen molar-refractivity contribution in [1.82, 2.24) is 10.2 Å². The molecule has 4 heteroatoms. The lowest BCUT2D eigenvalue weighted by Crippen LogP contribution is -2.36. The van der Waals surface area contributed by atoms with Crippen molar-refractivity contribution >= 4 is 11.8 Å². The first-order valence-corrected chi connectivity index (χ1v) is 9.11. The number of hydrogen-bond donors (Lipinski definition) is 1. The summed E-state index contributed by atoms with van der Waals surface area (Å²) >= 11 is 0. The molecule has 1 atom stereocenters. The Kier molecular flexibility index (Phi) is 6.71. The maximum Gasteiger partial charge on any atom is 0.225 e. The second kappa shape index (κ2) is 8.54. The van der Waals surface area contributed by atoms with E-state index in [1.807, 2.05) is 4.90 Å². The summed E-state index contributed by atoms with van der Waals surface area (Å²) in [6, 6.07) is 0. The summed E-state index contributed by atoms with van der Waals surface area (Å²) in [5.41, 5.74) is 0. The van der Waals surface area contributed by atoms with E-state index in [4.69, 9.17) is 0 Å². The molecule has 1 saturated carbocycles. The van der Waals surface area contributed by atoms with Crippen molar-refractivity contribution < 1.29 is 9.59 Å². The van der Waals surface area contributed by atoms with Gasteiger partial charge in [0.05, 0.1) is 5.92 Å². The summed E-state index contributed by atoms with van der Waals surface area (Å²) in [6.07, 6.45) is 9.51. The van der Waals surface area contributed by atoms with Gasteiger partial charge < -0.3 is 10.2 Å². The molecule has 0 radical (unpaired) electrons. The first-order valence-electron chi connectivity index (χ1n) is 9.11. The van der Waals surface area contributed by atoms with E-state index in [9.17, 15) is 9.59 Å². The number of amides is 2. The third kappa shape index (κ3) is 5.29. The van der Waals surface area contributed by atoms with E-state index in [1.54, 1.807) is 0 Å². The van der Waals surface area contributed by atoms with E-state index in [-0.39, 0.29) is 17.7 Å². The Bertz CT molecular complexity index is 373. The van der Waals surface area contributed by atoms with E-state index in [0.717, 1.165) is 13.1 Å². The van der Waals surface area contributed by atoms with Crippen molar-refractivity contribution in [2.75, 3.05) is 19.6 Å². The fraction of sp³-hybridized carbons (Fsp3) is 0.889. The molecule has 0 bridgehead atoms. The van der Waals surface area contributed by atoms with Crippen LogP contribution in [0.15, 0.2) is 0 Å². The molecule has 1 aliphatic carbocycles. The molecule has 1 N–H and O–H groups in total. The quantitative estimate of drug-likeness (QED) is 0.849. The van der Waals surface area contributed by atoms with E-state index >= 15 is 0 Å². The van der Waals surface area contributed by atoms with Crippen molar-refractivity contribution in [3.8, 4) is 0 Å². The Balaban J connectivity index is 1.74. The zero-order chi connectivity index (χ0) is 15.9. The molecule has 1 aliphatic heterocycles. The van der Waals surface area contributed by atoms with E-state index in [0.29, 0.717) is 24.8 Å². The van der Waals surface area contributed by atoms with Crippen molar-refractivity contribution in [2.45, 2.75) is 65.2 Å². The van der Waals surface area contributed by atoms with Crippen molar-refractivity contribution in [3.63, 3.8) is 0 Å². The summed E-state index contributed by atoms with van der Waals surface area (Å²) in [5.74, 6) is 1.18. The van der Waals surface area contributed by atoms with E-state index < -0.39 is 0 Å². The normalized spacial score (nSPS) is 24.4. The van der Waals surface area contributed by atoms with Gasteiger partial charge in [0.1, 0.15) is 0 Å². The van der Waals surface area contributed by atoms with Crippen LogP contribution in [0.4, 0.5) is 0 Å². The molecule has 1 heterocycles. The average Bonchev–Trinajstić information content (AvgIpc) is 2.78. The van der Waals surface area contributed by atoms with Gasteiger partial charge in [-0.05, 0) is 24.7 Å². The second-order valence-electron chi connectivity index (χ2n) is 7.55. The molecule has 1 unspecified atom stereocenters. The standard InChI is InChI=1S/C18H32N2O2/c1-14(2)12-20-13-16(10-17(20)21)18(22)19-11-15-8-6-4-3-5-7-9-15/h14-16H,3-13H2,1-2H3,(H,19,22). The molecule has 2 amide bonds. The predicted molar refractivity (Wildman–Crippen MR) is 88.3 cm³/mol. The lowest BCUT2D eigenvalue weighted by Gasteiger charge is -2.21. The minimum Gasteiger partial charge on any atom is -0.356 e. The van der Waals surface area contributed by atoms with Crippen molar-refractivity contribution in [2.24, 2.45) is 17.8 Å². The lowest BCUT2D eigenvalue weighted by atomic mass is 9.91. The molecule has 126 valence electrons. The van der Waals surface area contributed by atoms with E-state index in [1.165, 1.54) is 44.9 Å². The number of carbonyl (C=O) groups is 2. The predicted octanol–water partition coefficient (Wildman–Crippen LogP) is 2.97. The van der Waals surface area contributed by atoms with Gasteiger partial charge in [0.25, 0.3) is 0 Å². The Morgan fingerprint density at radius 1 is 1.18 bits per heavy atom. The summed E-state index contributed by atoms with van der Waals surface area (Å²) in [7, 11) is 0. The van der Waals surface area contributed by atoms with Crippen LogP contribution in [0, 0.1) is 17.8 Å². The zero-order valence-corrected chi connectivity index (χ0v) is 14.3. The molecule has 0 aromatic carbocycles. The van der Waals surface area contributed by atoms with Crippen molar-refractivity contribution in [3.05, 3.63) is 0 Å². The van der Waals surface area contributed by atoms with Crippen LogP contribution in [-0.4, -0.2) is 36.3 Å². The van der Waals surface area contributed by atoms with Gasteiger partial charge in [-0.3, -0.25) is 9.59 Å². The van der Waals surface area contributed by atoms with Gasteiger partial charge in [-0.15, -0.1) is 0 Å². The average molecular weight is 308 g/mol. The molecule has 22 heavy (non-hydrogen) atoms. The van der Waals surface area contributed by atoms with Gasteiger partial charge in [-0.1, -0.05) is 46.0 Å². The first-order chi connectivity index (χ1) is 10.6. The number of likely N-dealkylation sites (tertiary alicyclic amines) is 1. The number of nitrogens with one attached hydrogen (secondary N) is 1. The fourth-order valence-electron chi connectivity index (χ4n) is 3.70. The topological polar surface area (TPSA) is 49.4 Å². The summed E-state index contributed by atoms with van der Waals surface area (Å²) in [5, 5.41) is 3.12. The largest absolute Gasteiger partial charge is 0.356 e. The first kappa shape index (κ1) is 17.3. The van der Waals surface area contributed by atoms with Crippen LogP contribution in [0.1, 0.15) is 65.2 Å². The minimum absolute atomic E-state index is 0.0849. The van der Waals surface area contributed by atoms with E-state index in [2.05, 4.69) is 19.2 Å². The molecule has 1 saturated heterocycles. The maximum atomic E-state index is 12.3. The molecule has 4 nitrogen and oxygen atoms in total. The van der Waals surface area contributed by atoms with Crippen LogP contribution in [0.3, 0.4) is 0 Å². The van der Waals surface area contributed by atoms with Crippen molar-refractivity contribution in [1.29, 1.82) is 0 Å². The molecular formula is C18H32N2O2. The summed E-state index contributed by atoms with van der Waals surface area (Å²) in [6.45, 7) is 6.39. The number of carbonyl (C=O) groups excluding carboxylic acids is 2. The Labute approximate surface area is 135 Å². The smallest absolute Gasteiger partial charge is 0.225 e. The maximum absolute atomic E-state index is 12.3. The SMILES string of the molecule is CC(C)CN1CC(C(=O)NCC2CCCCCCC2)CC1=O. The Hall–Kier alpha value is -1.06. The van der Waals surface area contributed by atoms with Gasteiger partial charge in [0, 0.05) is 26.1 Å². The van der Waals surface area contributed by atoms with Gasteiger partial charge >= 0.3 is 0 Å². The highest BCUT2D eigenvalue weighted by Gasteiger charge is 2.34. The minimum atomic E-state index is -0.139. The van der Waals surface area contributed by atoms with Crippen LogP contribution >= 0.6 is 0 Å². The molecule has 0 spiro atoms. The second-order valence-corrected chi connectivity index (χ2v) is 7.55. The zero-order valence-electron chi connectivity index (χ0n) is 14.3. The molecule has 2 aliphatic rings. The van der Waals surface area contributed by atoms with Crippen LogP contribution in [0.25, 0.3) is 0 Å². The summed E-state index contributed by atoms with van der Waals surface area (Å²) in [4.78, 5) is 26.1. The van der Waals surface area contributed by atoms with Crippen LogP contribution in [0.2, 0.25) is 0 Å². The highest BCUT2D eigenvalue weighted by molar-refractivity contribution is 5.89. The number of hydrogen-bond acceptors (Lipinski definition) is 2. The van der Waals surface area contributed by atoms with Gasteiger partial charge in [0.2, 0.25) is 11.8 Å².